The minimum Gasteiger partial charge on any atom is -0.392 e. The zero-order valence-electron chi connectivity index (χ0n) is 11.5. The van der Waals surface area contributed by atoms with E-state index in [0.29, 0.717) is 26.1 Å². The second-order valence-corrected chi connectivity index (χ2v) is 5.58. The van der Waals surface area contributed by atoms with Gasteiger partial charge in [0.2, 0.25) is 0 Å². The summed E-state index contributed by atoms with van der Waals surface area (Å²) in [7, 11) is 0. The highest BCUT2D eigenvalue weighted by Crippen LogP contribution is 2.32. The lowest BCUT2D eigenvalue weighted by molar-refractivity contribution is -0.139. The molecule has 0 radical (unpaired) electrons. The van der Waals surface area contributed by atoms with E-state index in [1.54, 1.807) is 0 Å². The number of hydrogen-bond acceptors (Lipinski definition) is 3. The van der Waals surface area contributed by atoms with Crippen LogP contribution >= 0.6 is 0 Å². The van der Waals surface area contributed by atoms with Gasteiger partial charge in [-0.25, -0.2) is 0 Å². The molecule has 0 heterocycles. The van der Waals surface area contributed by atoms with Gasteiger partial charge in [-0.2, -0.15) is 0 Å². The Morgan fingerprint density at radius 3 is 2.79 bits per heavy atom. The number of Topliss-reactive ketones (excluding diaryl/α,β-unsaturated/α-hetero) is 1. The molecule has 3 heteroatoms. The molecule has 1 aliphatic rings. The molecular formula is C16H22O3. The van der Waals surface area contributed by atoms with Crippen LogP contribution in [0, 0.1) is 5.41 Å². The Bertz CT molecular complexity index is 415. The molecule has 0 aliphatic heterocycles. The molecule has 2 rings (SSSR count). The van der Waals surface area contributed by atoms with E-state index in [9.17, 15) is 9.90 Å². The lowest BCUT2D eigenvalue weighted by atomic mass is 9.80. The van der Waals surface area contributed by atoms with Gasteiger partial charge in [0.1, 0.15) is 5.78 Å². The number of hydrogen-bond donors (Lipinski definition) is 1. The van der Waals surface area contributed by atoms with Crippen LogP contribution in [0.2, 0.25) is 0 Å². The third-order valence-electron chi connectivity index (χ3n) is 4.02. The molecule has 1 fully saturated rings. The quantitative estimate of drug-likeness (QED) is 0.849. The molecule has 1 saturated carbocycles. The van der Waals surface area contributed by atoms with E-state index < -0.39 is 11.5 Å². The van der Waals surface area contributed by atoms with Crippen molar-refractivity contribution in [2.24, 2.45) is 5.41 Å². The van der Waals surface area contributed by atoms with Gasteiger partial charge in [-0.15, -0.1) is 0 Å². The first-order chi connectivity index (χ1) is 9.13. The van der Waals surface area contributed by atoms with E-state index >= 15 is 0 Å². The highest BCUT2D eigenvalue weighted by molar-refractivity contribution is 5.85. The first-order valence-electron chi connectivity index (χ1n) is 6.96. The summed E-state index contributed by atoms with van der Waals surface area (Å²) in [5.74, 6) is 0.130. The van der Waals surface area contributed by atoms with E-state index in [-0.39, 0.29) is 5.78 Å². The van der Waals surface area contributed by atoms with Crippen LogP contribution in [0.5, 0.6) is 0 Å². The highest BCUT2D eigenvalue weighted by atomic mass is 16.5. The number of benzene rings is 1. The first kappa shape index (κ1) is 14.2. The molecule has 2 atom stereocenters. The summed E-state index contributed by atoms with van der Waals surface area (Å²) < 4.78 is 5.68. The summed E-state index contributed by atoms with van der Waals surface area (Å²) in [6.07, 6.45) is 2.46. The van der Waals surface area contributed by atoms with Gasteiger partial charge in [-0.05, 0) is 25.3 Å². The predicted octanol–water partition coefficient (Wildman–Crippen LogP) is 2.71. The van der Waals surface area contributed by atoms with E-state index in [4.69, 9.17) is 4.74 Å². The van der Waals surface area contributed by atoms with Crippen molar-refractivity contribution in [1.82, 2.24) is 0 Å². The fourth-order valence-corrected chi connectivity index (χ4v) is 2.55. The molecule has 1 aliphatic carbocycles. The summed E-state index contributed by atoms with van der Waals surface area (Å²) in [4.78, 5) is 12.1. The van der Waals surface area contributed by atoms with Crippen LogP contribution in [0.1, 0.15) is 38.2 Å². The van der Waals surface area contributed by atoms with E-state index in [0.717, 1.165) is 18.4 Å². The van der Waals surface area contributed by atoms with Crippen LogP contribution in [0.4, 0.5) is 0 Å². The molecular weight excluding hydrogens is 240 g/mol. The topological polar surface area (TPSA) is 46.5 Å². The van der Waals surface area contributed by atoms with Crippen molar-refractivity contribution in [2.45, 2.75) is 45.3 Å². The van der Waals surface area contributed by atoms with Gasteiger partial charge in [0.05, 0.1) is 24.7 Å². The van der Waals surface area contributed by atoms with Crippen LogP contribution in [-0.4, -0.2) is 23.6 Å². The second-order valence-electron chi connectivity index (χ2n) is 5.58. The summed E-state index contributed by atoms with van der Waals surface area (Å²) in [6.45, 7) is 2.61. The summed E-state index contributed by atoms with van der Waals surface area (Å²) in [5, 5.41) is 10.2. The number of carbonyl (C=O) groups is 1. The fraction of sp³-hybridized carbons (Fsp3) is 0.562. The largest absolute Gasteiger partial charge is 0.392 e. The highest BCUT2D eigenvalue weighted by Gasteiger charge is 2.41. The second kappa shape index (κ2) is 6.31. The van der Waals surface area contributed by atoms with Crippen LogP contribution in [0.25, 0.3) is 0 Å². The van der Waals surface area contributed by atoms with Crippen LogP contribution in [0.15, 0.2) is 30.3 Å². The molecule has 0 saturated heterocycles. The fourth-order valence-electron chi connectivity index (χ4n) is 2.55. The maximum absolute atomic E-state index is 12.1. The molecule has 0 aromatic heterocycles. The Morgan fingerprint density at radius 2 is 2.05 bits per heavy atom. The number of aliphatic hydroxyl groups excluding tert-OH is 1. The number of aliphatic hydroxyl groups is 1. The van der Waals surface area contributed by atoms with Crippen molar-refractivity contribution in [2.75, 3.05) is 6.61 Å². The average Bonchev–Trinajstić information content (AvgIpc) is 2.54. The SMILES string of the molecule is C[C@]1(COCc2ccccc2)C(=O)CCCC[C@@H]1O. The van der Waals surface area contributed by atoms with Crippen molar-refractivity contribution in [1.29, 1.82) is 0 Å². The van der Waals surface area contributed by atoms with E-state index in [2.05, 4.69) is 0 Å². The van der Waals surface area contributed by atoms with Gasteiger partial charge in [-0.1, -0.05) is 36.8 Å². The summed E-state index contributed by atoms with van der Waals surface area (Å²) >= 11 is 0. The molecule has 0 spiro atoms. The molecule has 1 aromatic carbocycles. The molecule has 0 bridgehead atoms. The molecule has 0 amide bonds. The Kier molecular flexibility index (Phi) is 4.72. The predicted molar refractivity (Wildman–Crippen MR) is 73.7 cm³/mol. The standard InChI is InChI=1S/C16H22O3/c1-16(14(17)9-5-6-10-15(16)18)12-19-11-13-7-3-2-4-8-13/h2-4,7-8,14,17H,5-6,9-12H2,1H3/t14-,16+/m0/s1. The lowest BCUT2D eigenvalue weighted by Crippen LogP contribution is -2.42. The Balaban J connectivity index is 1.94. The van der Waals surface area contributed by atoms with E-state index in [1.807, 2.05) is 37.3 Å². The smallest absolute Gasteiger partial charge is 0.143 e. The van der Waals surface area contributed by atoms with Crippen LogP contribution in [0.3, 0.4) is 0 Å². The van der Waals surface area contributed by atoms with Crippen molar-refractivity contribution in [3.63, 3.8) is 0 Å². The maximum Gasteiger partial charge on any atom is 0.143 e. The van der Waals surface area contributed by atoms with E-state index in [1.165, 1.54) is 0 Å². The molecule has 3 nitrogen and oxygen atoms in total. The average molecular weight is 262 g/mol. The molecule has 1 N–H and O–H groups in total. The van der Waals surface area contributed by atoms with Gasteiger partial charge in [-0.3, -0.25) is 4.79 Å². The van der Waals surface area contributed by atoms with Gasteiger partial charge in [0.15, 0.2) is 0 Å². The number of rotatable bonds is 4. The Morgan fingerprint density at radius 1 is 1.32 bits per heavy atom. The lowest BCUT2D eigenvalue weighted by Gasteiger charge is -2.31. The monoisotopic (exact) mass is 262 g/mol. The zero-order valence-corrected chi connectivity index (χ0v) is 11.5. The molecule has 0 unspecified atom stereocenters. The Hall–Kier alpha value is -1.19. The van der Waals surface area contributed by atoms with Crippen molar-refractivity contribution < 1.29 is 14.6 Å². The maximum atomic E-state index is 12.1. The summed E-state index contributed by atoms with van der Waals surface area (Å²) in [6, 6.07) is 9.88. The van der Waals surface area contributed by atoms with Crippen LogP contribution < -0.4 is 0 Å². The molecule has 104 valence electrons. The van der Waals surface area contributed by atoms with Gasteiger partial charge < -0.3 is 9.84 Å². The first-order valence-corrected chi connectivity index (χ1v) is 6.96. The summed E-state index contributed by atoms with van der Waals surface area (Å²) in [5.41, 5.74) is 0.340. The minimum atomic E-state index is -0.745. The van der Waals surface area contributed by atoms with Crippen LogP contribution in [-0.2, 0) is 16.1 Å². The molecule has 1 aromatic rings. The Labute approximate surface area is 114 Å². The van der Waals surface area contributed by atoms with Gasteiger partial charge >= 0.3 is 0 Å². The third kappa shape index (κ3) is 3.43. The number of ether oxygens (including phenoxy) is 1. The minimum absolute atomic E-state index is 0.130. The number of ketones is 1. The molecule has 19 heavy (non-hydrogen) atoms. The van der Waals surface area contributed by atoms with Gasteiger partial charge in [0, 0.05) is 6.42 Å². The normalized spacial score (nSPS) is 28.1. The van der Waals surface area contributed by atoms with Crippen molar-refractivity contribution >= 4 is 5.78 Å². The van der Waals surface area contributed by atoms with Crippen molar-refractivity contribution in [3.8, 4) is 0 Å². The van der Waals surface area contributed by atoms with Gasteiger partial charge in [0.25, 0.3) is 0 Å². The zero-order chi connectivity index (χ0) is 13.7. The third-order valence-corrected chi connectivity index (χ3v) is 4.02. The number of carbonyl (C=O) groups excluding carboxylic acids is 1. The van der Waals surface area contributed by atoms with Crippen molar-refractivity contribution in [3.05, 3.63) is 35.9 Å².